The predicted octanol–water partition coefficient (Wildman–Crippen LogP) is 7.03. The van der Waals surface area contributed by atoms with Crippen molar-refractivity contribution in [2.45, 2.75) is 32.1 Å². The molecule has 3 N–H and O–H groups in total. The maximum Gasteiger partial charge on any atom is 0.227 e. The first-order valence-corrected chi connectivity index (χ1v) is 13.6. The van der Waals surface area contributed by atoms with E-state index in [0.29, 0.717) is 50.4 Å². The van der Waals surface area contributed by atoms with Gasteiger partial charge >= 0.3 is 0 Å². The third-order valence-corrected chi connectivity index (χ3v) is 7.71. The molecular weight excluding hydrogens is 524 g/mol. The maximum absolute atomic E-state index is 16.2. The number of hydrogen-bond acceptors (Lipinski definition) is 5. The number of H-pyrrole nitrogens is 2. The molecule has 204 valence electrons. The number of imidazole rings is 1. The van der Waals surface area contributed by atoms with Gasteiger partial charge in [-0.05, 0) is 49.2 Å². The number of anilines is 1. The highest BCUT2D eigenvalue weighted by Crippen LogP contribution is 2.36. The number of benzene rings is 2. The van der Waals surface area contributed by atoms with Gasteiger partial charge in [-0.25, -0.2) is 13.8 Å². The largest absolute Gasteiger partial charge is 0.336 e. The lowest BCUT2D eigenvalue weighted by atomic mass is 9.88. The average Bonchev–Trinajstić information content (AvgIpc) is 3.63. The molecule has 0 saturated heterocycles. The predicted molar refractivity (Wildman–Crippen MR) is 153 cm³/mol. The number of fused-ring (bicyclic) bond motifs is 2. The molecule has 1 saturated carbocycles. The van der Waals surface area contributed by atoms with Crippen molar-refractivity contribution in [3.05, 3.63) is 78.8 Å². The Morgan fingerprint density at radius 1 is 0.927 bits per heavy atom. The summed E-state index contributed by atoms with van der Waals surface area (Å²) < 4.78 is 30.8. The molecule has 0 aliphatic heterocycles. The minimum Gasteiger partial charge on any atom is -0.336 e. The SMILES string of the molecule is O=C(Nc1cncc(-c2ccc3[nH]nc(-c4nc5c(-c6ccccc6F)nccc5[nH]4)c3c2F)c1)C1CCCCC1. The number of nitrogens with zero attached hydrogens (tertiary/aromatic N) is 4. The Morgan fingerprint density at radius 3 is 2.63 bits per heavy atom. The van der Waals surface area contributed by atoms with Crippen molar-refractivity contribution in [2.24, 2.45) is 5.92 Å². The molecule has 0 bridgehead atoms. The van der Waals surface area contributed by atoms with Crippen molar-refractivity contribution in [3.63, 3.8) is 0 Å². The first kappa shape index (κ1) is 25.0. The van der Waals surface area contributed by atoms with Crippen LogP contribution in [0.2, 0.25) is 0 Å². The zero-order valence-corrected chi connectivity index (χ0v) is 21.9. The molecule has 0 radical (unpaired) electrons. The molecule has 1 amide bonds. The van der Waals surface area contributed by atoms with Crippen LogP contribution in [0.25, 0.3) is 55.8 Å². The van der Waals surface area contributed by atoms with Gasteiger partial charge < -0.3 is 10.3 Å². The molecule has 6 aromatic rings. The number of aromatic amines is 2. The van der Waals surface area contributed by atoms with Gasteiger partial charge in [0.2, 0.25) is 5.91 Å². The van der Waals surface area contributed by atoms with Crippen LogP contribution in [-0.2, 0) is 4.79 Å². The van der Waals surface area contributed by atoms with E-state index in [9.17, 15) is 9.18 Å². The Hall–Kier alpha value is -4.99. The number of hydrogen-bond donors (Lipinski definition) is 3. The van der Waals surface area contributed by atoms with E-state index < -0.39 is 11.6 Å². The molecule has 7 rings (SSSR count). The number of halogens is 2. The van der Waals surface area contributed by atoms with Crippen molar-refractivity contribution in [1.29, 1.82) is 0 Å². The summed E-state index contributed by atoms with van der Waals surface area (Å²) >= 11 is 0. The number of rotatable bonds is 5. The first-order valence-electron chi connectivity index (χ1n) is 13.6. The maximum atomic E-state index is 16.2. The molecular formula is C31H25F2N7O. The third kappa shape index (κ3) is 4.51. The second-order valence-electron chi connectivity index (χ2n) is 10.3. The Morgan fingerprint density at radius 2 is 1.78 bits per heavy atom. The summed E-state index contributed by atoms with van der Waals surface area (Å²) in [5, 5.41) is 10.4. The Balaban J connectivity index is 1.27. The molecule has 4 heterocycles. The van der Waals surface area contributed by atoms with E-state index in [4.69, 9.17) is 0 Å². The highest BCUT2D eigenvalue weighted by molar-refractivity contribution is 5.98. The van der Waals surface area contributed by atoms with Gasteiger partial charge in [0, 0.05) is 35.0 Å². The van der Waals surface area contributed by atoms with E-state index in [1.807, 2.05) is 0 Å². The van der Waals surface area contributed by atoms with Crippen LogP contribution >= 0.6 is 0 Å². The van der Waals surface area contributed by atoms with Gasteiger partial charge in [-0.3, -0.25) is 19.9 Å². The zero-order chi connectivity index (χ0) is 27.9. The van der Waals surface area contributed by atoms with E-state index in [2.05, 4.69) is 35.5 Å². The summed E-state index contributed by atoms with van der Waals surface area (Å²) in [5.74, 6) is -0.627. The summed E-state index contributed by atoms with van der Waals surface area (Å²) in [7, 11) is 0. The molecule has 0 spiro atoms. The van der Waals surface area contributed by atoms with Crippen molar-refractivity contribution < 1.29 is 13.6 Å². The molecule has 1 aliphatic carbocycles. The minimum atomic E-state index is -0.503. The van der Waals surface area contributed by atoms with Crippen LogP contribution in [-0.4, -0.2) is 36.0 Å². The number of pyridine rings is 2. The Labute approximate surface area is 233 Å². The van der Waals surface area contributed by atoms with Gasteiger partial charge in [-0.2, -0.15) is 5.10 Å². The van der Waals surface area contributed by atoms with Crippen LogP contribution in [0.4, 0.5) is 14.5 Å². The summed E-state index contributed by atoms with van der Waals surface area (Å²) in [6.45, 7) is 0. The normalized spacial score (nSPS) is 14.1. The summed E-state index contributed by atoms with van der Waals surface area (Å²) in [5.41, 5.74) is 3.89. The van der Waals surface area contributed by atoms with Crippen molar-refractivity contribution >= 4 is 33.5 Å². The lowest BCUT2D eigenvalue weighted by Crippen LogP contribution is -2.24. The fraction of sp³-hybridized carbons (Fsp3) is 0.194. The van der Waals surface area contributed by atoms with Gasteiger partial charge in [-0.15, -0.1) is 0 Å². The van der Waals surface area contributed by atoms with Gasteiger partial charge in [0.25, 0.3) is 0 Å². The molecule has 41 heavy (non-hydrogen) atoms. The average molecular weight is 550 g/mol. The molecule has 1 aliphatic rings. The number of aromatic nitrogens is 6. The molecule has 0 atom stereocenters. The fourth-order valence-electron chi connectivity index (χ4n) is 5.63. The van der Waals surface area contributed by atoms with Crippen LogP contribution in [0.15, 0.2) is 67.1 Å². The zero-order valence-electron chi connectivity index (χ0n) is 21.9. The molecule has 10 heteroatoms. The highest BCUT2D eigenvalue weighted by Gasteiger charge is 2.23. The lowest BCUT2D eigenvalue weighted by Gasteiger charge is -2.20. The van der Waals surface area contributed by atoms with Gasteiger partial charge in [0.05, 0.1) is 28.3 Å². The summed E-state index contributed by atoms with van der Waals surface area (Å²) in [6, 6.07) is 13.2. The van der Waals surface area contributed by atoms with E-state index >= 15 is 4.39 Å². The van der Waals surface area contributed by atoms with Crippen LogP contribution < -0.4 is 5.32 Å². The van der Waals surface area contributed by atoms with Crippen molar-refractivity contribution in [2.75, 3.05) is 5.32 Å². The van der Waals surface area contributed by atoms with E-state index in [1.54, 1.807) is 61.1 Å². The van der Waals surface area contributed by atoms with Crippen LogP contribution in [0.5, 0.6) is 0 Å². The number of carbonyl (C=O) groups excluding carboxylic acids is 1. The lowest BCUT2D eigenvalue weighted by molar-refractivity contribution is -0.120. The number of carbonyl (C=O) groups is 1. The highest BCUT2D eigenvalue weighted by atomic mass is 19.1. The number of nitrogens with one attached hydrogen (secondary N) is 3. The standard InChI is InChI=1S/C31H25F2N7O/c32-22-9-5-4-8-21(22)27-28-24(12-13-35-27)37-30(38-28)29-25-23(39-40-29)11-10-20(26(25)33)18-14-19(16-34-15-18)36-31(41)17-6-2-1-3-7-17/h4-5,8-17H,1-3,6-7H2,(H,36,41)(H,37,38)(H,39,40). The van der Waals surface area contributed by atoms with Crippen LogP contribution in [0.3, 0.4) is 0 Å². The first-order chi connectivity index (χ1) is 20.1. The van der Waals surface area contributed by atoms with Crippen molar-refractivity contribution in [1.82, 2.24) is 30.1 Å². The second kappa shape index (κ2) is 10.2. The fourth-order valence-corrected chi connectivity index (χ4v) is 5.63. The Bertz CT molecular complexity index is 1920. The topological polar surface area (TPSA) is 112 Å². The van der Waals surface area contributed by atoms with Crippen LogP contribution in [0, 0.1) is 17.6 Å². The van der Waals surface area contributed by atoms with Crippen molar-refractivity contribution in [3.8, 4) is 33.9 Å². The molecule has 8 nitrogen and oxygen atoms in total. The van der Waals surface area contributed by atoms with E-state index in [1.165, 1.54) is 6.07 Å². The molecule has 1 fully saturated rings. The summed E-state index contributed by atoms with van der Waals surface area (Å²) in [6.07, 6.45) is 9.74. The monoisotopic (exact) mass is 549 g/mol. The quantitative estimate of drug-likeness (QED) is 0.214. The van der Waals surface area contributed by atoms with Gasteiger partial charge in [-0.1, -0.05) is 31.4 Å². The molecule has 4 aromatic heterocycles. The third-order valence-electron chi connectivity index (χ3n) is 7.71. The van der Waals surface area contributed by atoms with Crippen LogP contribution in [0.1, 0.15) is 32.1 Å². The molecule has 0 unspecified atom stereocenters. The van der Waals surface area contributed by atoms with Gasteiger partial charge in [0.1, 0.15) is 28.5 Å². The van der Waals surface area contributed by atoms with E-state index in [-0.39, 0.29) is 22.9 Å². The second-order valence-corrected chi connectivity index (χ2v) is 10.3. The smallest absolute Gasteiger partial charge is 0.227 e. The Kier molecular flexibility index (Phi) is 6.22. The van der Waals surface area contributed by atoms with Gasteiger partial charge in [0.15, 0.2) is 5.82 Å². The minimum absolute atomic E-state index is 0.00751. The molecule has 2 aromatic carbocycles. The number of amides is 1. The summed E-state index contributed by atoms with van der Waals surface area (Å²) in [4.78, 5) is 29.2. The van der Waals surface area contributed by atoms with E-state index in [0.717, 1.165) is 32.1 Å².